The number of carbonyl (C=O) groups excluding carboxylic acids is 1. The Bertz CT molecular complexity index is 191. The van der Waals surface area contributed by atoms with Gasteiger partial charge in [-0.1, -0.05) is 0 Å². The highest BCUT2D eigenvalue weighted by Gasteiger charge is 2.42. The van der Waals surface area contributed by atoms with Crippen LogP contribution in [0.15, 0.2) is 0 Å². The molecular weight excluding hydrogens is 172 g/mol. The Morgan fingerprint density at radius 1 is 1.50 bits per heavy atom. The molecule has 2 nitrogen and oxygen atoms in total. The second kappa shape index (κ2) is 3.38. The van der Waals surface area contributed by atoms with Crippen molar-refractivity contribution in [3.63, 3.8) is 0 Å². The molecule has 0 bridgehead atoms. The largest absolute Gasteiger partial charge is 0.396 e. The normalized spacial score (nSPS) is 40.4. The van der Waals surface area contributed by atoms with Gasteiger partial charge in [-0.3, -0.25) is 4.79 Å². The fraction of sp³-hybridized carbons (Fsp3) is 0.889. The van der Waals surface area contributed by atoms with Crippen LogP contribution in [0.3, 0.4) is 0 Å². The van der Waals surface area contributed by atoms with Gasteiger partial charge in [0.15, 0.2) is 0 Å². The lowest BCUT2D eigenvalue weighted by Gasteiger charge is -2.14. The van der Waals surface area contributed by atoms with Crippen LogP contribution in [0.5, 0.6) is 0 Å². The van der Waals surface area contributed by atoms with Crippen molar-refractivity contribution in [2.24, 2.45) is 11.8 Å². The van der Waals surface area contributed by atoms with E-state index in [0.717, 1.165) is 25.0 Å². The third-order valence-corrected chi connectivity index (χ3v) is 4.61. The molecule has 1 heterocycles. The van der Waals surface area contributed by atoms with Gasteiger partial charge in [0.2, 0.25) is 0 Å². The number of Topliss-reactive ketones (excluding diaryl/α,β-unsaturated/α-hetero) is 1. The van der Waals surface area contributed by atoms with E-state index in [4.69, 9.17) is 5.11 Å². The summed E-state index contributed by atoms with van der Waals surface area (Å²) in [5.41, 5.74) is 0. The van der Waals surface area contributed by atoms with Crippen molar-refractivity contribution in [1.29, 1.82) is 0 Å². The summed E-state index contributed by atoms with van der Waals surface area (Å²) < 4.78 is 0. The van der Waals surface area contributed by atoms with Gasteiger partial charge in [-0.25, -0.2) is 0 Å². The van der Waals surface area contributed by atoms with Gasteiger partial charge in [0.05, 0.1) is 0 Å². The van der Waals surface area contributed by atoms with Crippen LogP contribution in [0.2, 0.25) is 0 Å². The van der Waals surface area contributed by atoms with Gasteiger partial charge >= 0.3 is 0 Å². The fourth-order valence-electron chi connectivity index (χ4n) is 2.37. The van der Waals surface area contributed by atoms with Gasteiger partial charge in [0.25, 0.3) is 0 Å². The molecule has 0 amide bonds. The highest BCUT2D eigenvalue weighted by Crippen LogP contribution is 2.46. The molecule has 3 atom stereocenters. The Labute approximate surface area is 76.7 Å². The number of thioether (sulfide) groups is 1. The van der Waals surface area contributed by atoms with E-state index in [-0.39, 0.29) is 6.61 Å². The van der Waals surface area contributed by atoms with Gasteiger partial charge in [0, 0.05) is 24.7 Å². The second-order valence-electron chi connectivity index (χ2n) is 3.75. The summed E-state index contributed by atoms with van der Waals surface area (Å²) in [6.07, 6.45) is 2.46. The molecular formula is C9H14O2S. The lowest BCUT2D eigenvalue weighted by atomic mass is 9.93. The van der Waals surface area contributed by atoms with E-state index in [2.05, 4.69) is 0 Å². The molecule has 0 spiro atoms. The molecule has 3 heteroatoms. The van der Waals surface area contributed by atoms with E-state index in [1.165, 1.54) is 0 Å². The predicted molar refractivity (Wildman–Crippen MR) is 49.2 cm³/mol. The summed E-state index contributed by atoms with van der Waals surface area (Å²) in [5.74, 6) is 2.81. The number of rotatable bonds is 2. The Morgan fingerprint density at radius 3 is 3.08 bits per heavy atom. The van der Waals surface area contributed by atoms with Crippen molar-refractivity contribution >= 4 is 17.5 Å². The summed E-state index contributed by atoms with van der Waals surface area (Å²) in [5, 5.41) is 9.38. The Morgan fingerprint density at radius 2 is 2.33 bits per heavy atom. The standard InChI is InChI=1S/C9H14O2S/c10-2-1-9-8-4-7(11)3-6(8)5-12-9/h6,8-10H,1-5H2. The fourth-order valence-corrected chi connectivity index (χ4v) is 4.07. The summed E-state index contributed by atoms with van der Waals surface area (Å²) >= 11 is 1.95. The van der Waals surface area contributed by atoms with Crippen LogP contribution < -0.4 is 0 Å². The Balaban J connectivity index is 1.98. The Kier molecular flexibility index (Phi) is 2.42. The van der Waals surface area contributed by atoms with Crippen molar-refractivity contribution in [3.05, 3.63) is 0 Å². The van der Waals surface area contributed by atoms with Crippen molar-refractivity contribution < 1.29 is 9.90 Å². The zero-order chi connectivity index (χ0) is 8.55. The number of ketones is 1. The zero-order valence-electron chi connectivity index (χ0n) is 7.03. The van der Waals surface area contributed by atoms with Gasteiger partial charge in [-0.05, 0) is 24.0 Å². The first-order chi connectivity index (χ1) is 5.81. The summed E-state index contributed by atoms with van der Waals surface area (Å²) in [4.78, 5) is 11.1. The van der Waals surface area contributed by atoms with E-state index >= 15 is 0 Å². The molecule has 1 aliphatic heterocycles. The quantitative estimate of drug-likeness (QED) is 0.701. The molecule has 12 heavy (non-hydrogen) atoms. The summed E-state index contributed by atoms with van der Waals surface area (Å²) in [7, 11) is 0. The molecule has 2 aliphatic rings. The van der Waals surface area contributed by atoms with Crippen LogP contribution in [0.25, 0.3) is 0 Å². The number of hydrogen-bond donors (Lipinski definition) is 1. The monoisotopic (exact) mass is 186 g/mol. The average Bonchev–Trinajstić information content (AvgIpc) is 2.52. The molecule has 2 fully saturated rings. The van der Waals surface area contributed by atoms with Gasteiger partial charge in [0.1, 0.15) is 5.78 Å². The third kappa shape index (κ3) is 1.40. The minimum atomic E-state index is 0.273. The maximum Gasteiger partial charge on any atom is 0.133 e. The van der Waals surface area contributed by atoms with Gasteiger partial charge < -0.3 is 5.11 Å². The number of carbonyl (C=O) groups is 1. The predicted octanol–water partition coefficient (Wildman–Crippen LogP) is 1.08. The van der Waals surface area contributed by atoms with Crippen molar-refractivity contribution in [1.82, 2.24) is 0 Å². The lowest BCUT2D eigenvalue weighted by molar-refractivity contribution is -0.117. The molecule has 1 saturated carbocycles. The van der Waals surface area contributed by atoms with Gasteiger partial charge in [-0.2, -0.15) is 11.8 Å². The molecule has 3 unspecified atom stereocenters. The highest BCUT2D eigenvalue weighted by atomic mass is 32.2. The van der Waals surface area contributed by atoms with Crippen LogP contribution >= 0.6 is 11.8 Å². The highest BCUT2D eigenvalue weighted by molar-refractivity contribution is 8.00. The maximum atomic E-state index is 11.1. The smallest absolute Gasteiger partial charge is 0.133 e. The molecule has 2 rings (SSSR count). The molecule has 0 radical (unpaired) electrons. The lowest BCUT2D eigenvalue weighted by Crippen LogP contribution is -2.15. The minimum Gasteiger partial charge on any atom is -0.396 e. The van der Waals surface area contributed by atoms with Crippen molar-refractivity contribution in [2.75, 3.05) is 12.4 Å². The topological polar surface area (TPSA) is 37.3 Å². The first-order valence-corrected chi connectivity index (χ1v) is 5.60. The van der Waals surface area contributed by atoms with E-state index in [1.807, 2.05) is 11.8 Å². The number of fused-ring (bicyclic) bond motifs is 1. The molecule has 0 aromatic carbocycles. The van der Waals surface area contributed by atoms with Crippen LogP contribution in [0.1, 0.15) is 19.3 Å². The average molecular weight is 186 g/mol. The SMILES string of the molecule is O=C1CC2CSC(CCO)C2C1. The number of hydrogen-bond acceptors (Lipinski definition) is 3. The first kappa shape index (κ1) is 8.57. The molecule has 68 valence electrons. The molecule has 1 saturated heterocycles. The molecule has 0 aromatic heterocycles. The Hall–Kier alpha value is -0.0200. The van der Waals surface area contributed by atoms with E-state index in [1.54, 1.807) is 0 Å². The maximum absolute atomic E-state index is 11.1. The molecule has 0 aromatic rings. The van der Waals surface area contributed by atoms with E-state index in [0.29, 0.717) is 22.9 Å². The van der Waals surface area contributed by atoms with Crippen LogP contribution in [-0.4, -0.2) is 28.5 Å². The number of aliphatic hydroxyl groups is 1. The van der Waals surface area contributed by atoms with Crippen LogP contribution in [0.4, 0.5) is 0 Å². The summed E-state index contributed by atoms with van der Waals surface area (Å²) in [6.45, 7) is 0.273. The summed E-state index contributed by atoms with van der Waals surface area (Å²) in [6, 6.07) is 0. The number of aliphatic hydroxyl groups excluding tert-OH is 1. The zero-order valence-corrected chi connectivity index (χ0v) is 7.85. The van der Waals surface area contributed by atoms with Gasteiger partial charge in [-0.15, -0.1) is 0 Å². The van der Waals surface area contributed by atoms with Crippen molar-refractivity contribution in [3.8, 4) is 0 Å². The van der Waals surface area contributed by atoms with Crippen molar-refractivity contribution in [2.45, 2.75) is 24.5 Å². The molecule has 1 aliphatic carbocycles. The van der Waals surface area contributed by atoms with E-state index in [9.17, 15) is 4.79 Å². The van der Waals surface area contributed by atoms with Crippen LogP contribution in [0, 0.1) is 11.8 Å². The second-order valence-corrected chi connectivity index (χ2v) is 5.03. The first-order valence-electron chi connectivity index (χ1n) is 4.55. The third-order valence-electron chi connectivity index (χ3n) is 2.97. The minimum absolute atomic E-state index is 0.273. The van der Waals surface area contributed by atoms with E-state index < -0.39 is 0 Å². The van der Waals surface area contributed by atoms with Crippen LogP contribution in [-0.2, 0) is 4.79 Å². The molecule has 1 N–H and O–H groups in total.